The summed E-state index contributed by atoms with van der Waals surface area (Å²) in [5, 5.41) is 9.33. The Kier molecular flexibility index (Phi) is 2.05. The first-order valence-electron chi connectivity index (χ1n) is 3.12. The second-order valence-corrected chi connectivity index (χ2v) is 2.31. The van der Waals surface area contributed by atoms with Crippen molar-refractivity contribution in [2.75, 3.05) is 20.3 Å². The van der Waals surface area contributed by atoms with Gasteiger partial charge >= 0.3 is 0 Å². The molecule has 1 unspecified atom stereocenters. The number of methoxy groups -OCH3 is 1. The van der Waals surface area contributed by atoms with E-state index in [1.54, 1.807) is 0 Å². The van der Waals surface area contributed by atoms with Crippen LogP contribution < -0.4 is 0 Å². The lowest BCUT2D eigenvalue weighted by Gasteiger charge is -2.29. The summed E-state index contributed by atoms with van der Waals surface area (Å²) < 4.78 is 9.81. The zero-order valence-electron chi connectivity index (χ0n) is 5.59. The smallest absolute Gasteiger partial charge is 0.189 e. The number of rotatable bonds is 1. The molecule has 1 aliphatic heterocycles. The zero-order chi connectivity index (χ0) is 6.74. The summed E-state index contributed by atoms with van der Waals surface area (Å²) in [6.07, 6.45) is 1.56. The minimum absolute atomic E-state index is 0.309. The molecule has 1 saturated heterocycles. The Morgan fingerprint density at radius 3 is 2.78 bits per heavy atom. The van der Waals surface area contributed by atoms with Crippen molar-refractivity contribution in [3.05, 3.63) is 0 Å². The highest BCUT2D eigenvalue weighted by atomic mass is 16.6. The molecule has 1 fully saturated rings. The maximum absolute atomic E-state index is 9.33. The van der Waals surface area contributed by atoms with Crippen LogP contribution in [0.1, 0.15) is 12.8 Å². The van der Waals surface area contributed by atoms with Crippen LogP contribution in [0.4, 0.5) is 0 Å². The molecular weight excluding hydrogens is 120 g/mol. The summed E-state index contributed by atoms with van der Waals surface area (Å²) in [4.78, 5) is 0. The van der Waals surface area contributed by atoms with Gasteiger partial charge in [-0.2, -0.15) is 0 Å². The normalized spacial score (nSPS) is 36.7. The van der Waals surface area contributed by atoms with Crippen molar-refractivity contribution >= 4 is 0 Å². The average Bonchev–Trinajstić information content (AvgIpc) is 1.90. The van der Waals surface area contributed by atoms with Crippen LogP contribution in [-0.4, -0.2) is 31.2 Å². The summed E-state index contributed by atoms with van der Waals surface area (Å²) in [5.74, 6) is -1.00. The molecule has 54 valence electrons. The minimum atomic E-state index is -1.00. The molecule has 1 heterocycles. The number of hydrogen-bond acceptors (Lipinski definition) is 3. The van der Waals surface area contributed by atoms with E-state index in [0.717, 1.165) is 13.0 Å². The van der Waals surface area contributed by atoms with Gasteiger partial charge in [-0.1, -0.05) is 0 Å². The molecule has 1 N–H and O–H groups in total. The molecule has 1 aliphatic rings. The fraction of sp³-hybridized carbons (Fsp3) is 1.00. The standard InChI is InChI=1S/C6H12O3/c1-8-6(7)3-2-4-9-5-6/h7H,2-5H2,1H3. The molecule has 3 heteroatoms. The first-order chi connectivity index (χ1) is 4.27. The van der Waals surface area contributed by atoms with Gasteiger partial charge in [-0.15, -0.1) is 0 Å². The number of hydrogen-bond donors (Lipinski definition) is 1. The molecule has 0 aromatic rings. The quantitative estimate of drug-likeness (QED) is 0.515. The molecule has 1 atom stereocenters. The molecule has 0 aromatic carbocycles. The van der Waals surface area contributed by atoms with E-state index in [1.165, 1.54) is 7.11 Å². The summed E-state index contributed by atoms with van der Waals surface area (Å²) in [5.41, 5.74) is 0. The lowest BCUT2D eigenvalue weighted by Crippen LogP contribution is -2.40. The van der Waals surface area contributed by atoms with Crippen LogP contribution in [0.25, 0.3) is 0 Å². The maximum atomic E-state index is 9.33. The second kappa shape index (κ2) is 2.64. The van der Waals surface area contributed by atoms with Crippen LogP contribution in [0, 0.1) is 0 Å². The van der Waals surface area contributed by atoms with Gasteiger partial charge in [-0.3, -0.25) is 0 Å². The zero-order valence-corrected chi connectivity index (χ0v) is 5.59. The highest BCUT2D eigenvalue weighted by molar-refractivity contribution is 4.69. The van der Waals surface area contributed by atoms with Crippen LogP contribution in [0.5, 0.6) is 0 Å². The molecule has 1 rings (SSSR count). The van der Waals surface area contributed by atoms with Crippen LogP contribution in [0.2, 0.25) is 0 Å². The van der Waals surface area contributed by atoms with E-state index in [2.05, 4.69) is 0 Å². The van der Waals surface area contributed by atoms with Crippen molar-refractivity contribution < 1.29 is 14.6 Å². The first-order valence-corrected chi connectivity index (χ1v) is 3.12. The summed E-state index contributed by atoms with van der Waals surface area (Å²) >= 11 is 0. The van der Waals surface area contributed by atoms with E-state index in [4.69, 9.17) is 9.47 Å². The van der Waals surface area contributed by atoms with Gasteiger partial charge in [0.2, 0.25) is 0 Å². The predicted octanol–water partition coefficient (Wildman–Crippen LogP) is 0.132. The Hall–Kier alpha value is -0.120. The van der Waals surface area contributed by atoms with Crippen molar-refractivity contribution in [3.63, 3.8) is 0 Å². The van der Waals surface area contributed by atoms with Gasteiger partial charge in [0.25, 0.3) is 0 Å². The topological polar surface area (TPSA) is 38.7 Å². The Labute approximate surface area is 54.6 Å². The third-order valence-electron chi connectivity index (χ3n) is 1.56. The van der Waals surface area contributed by atoms with E-state index >= 15 is 0 Å². The van der Waals surface area contributed by atoms with Gasteiger partial charge < -0.3 is 14.6 Å². The molecule has 0 spiro atoms. The molecule has 0 bridgehead atoms. The molecule has 0 aromatic heterocycles. The van der Waals surface area contributed by atoms with Gasteiger partial charge in [-0.05, 0) is 6.42 Å². The molecule has 0 aliphatic carbocycles. The van der Waals surface area contributed by atoms with E-state index in [1.807, 2.05) is 0 Å². The number of ether oxygens (including phenoxy) is 2. The fourth-order valence-electron chi connectivity index (χ4n) is 0.915. The summed E-state index contributed by atoms with van der Waals surface area (Å²) in [6, 6.07) is 0. The third-order valence-corrected chi connectivity index (χ3v) is 1.56. The maximum Gasteiger partial charge on any atom is 0.189 e. The minimum Gasteiger partial charge on any atom is -0.376 e. The van der Waals surface area contributed by atoms with Gasteiger partial charge in [0.1, 0.15) is 6.61 Å². The van der Waals surface area contributed by atoms with Crippen molar-refractivity contribution in [2.24, 2.45) is 0 Å². The van der Waals surface area contributed by atoms with Crippen molar-refractivity contribution in [1.29, 1.82) is 0 Å². The van der Waals surface area contributed by atoms with Crippen molar-refractivity contribution in [3.8, 4) is 0 Å². The van der Waals surface area contributed by atoms with E-state index in [-0.39, 0.29) is 0 Å². The number of aliphatic hydroxyl groups is 1. The van der Waals surface area contributed by atoms with E-state index in [9.17, 15) is 5.11 Å². The Morgan fingerprint density at radius 2 is 2.44 bits per heavy atom. The average molecular weight is 132 g/mol. The SMILES string of the molecule is COC1(O)CCCOC1. The fourth-order valence-corrected chi connectivity index (χ4v) is 0.915. The Morgan fingerprint density at radius 1 is 1.67 bits per heavy atom. The van der Waals surface area contributed by atoms with Crippen molar-refractivity contribution in [1.82, 2.24) is 0 Å². The van der Waals surface area contributed by atoms with E-state index < -0.39 is 5.79 Å². The molecular formula is C6H12O3. The largest absolute Gasteiger partial charge is 0.376 e. The summed E-state index contributed by atoms with van der Waals surface area (Å²) in [7, 11) is 1.49. The van der Waals surface area contributed by atoms with Crippen molar-refractivity contribution in [2.45, 2.75) is 18.6 Å². The molecule has 9 heavy (non-hydrogen) atoms. The molecule has 3 nitrogen and oxygen atoms in total. The highest BCUT2D eigenvalue weighted by Crippen LogP contribution is 2.18. The van der Waals surface area contributed by atoms with Crippen LogP contribution >= 0.6 is 0 Å². The van der Waals surface area contributed by atoms with Gasteiger partial charge in [0.05, 0.1) is 0 Å². The molecule has 0 amide bonds. The van der Waals surface area contributed by atoms with Crippen LogP contribution in [0.15, 0.2) is 0 Å². The Balaban J connectivity index is 2.37. The Bertz CT molecular complexity index is 86.3. The second-order valence-electron chi connectivity index (χ2n) is 2.31. The first kappa shape index (κ1) is 6.99. The summed E-state index contributed by atoms with van der Waals surface area (Å²) in [6.45, 7) is 1.05. The monoisotopic (exact) mass is 132 g/mol. The third kappa shape index (κ3) is 1.64. The van der Waals surface area contributed by atoms with Gasteiger partial charge in [0, 0.05) is 20.1 Å². The lowest BCUT2D eigenvalue weighted by atomic mass is 10.1. The van der Waals surface area contributed by atoms with Gasteiger partial charge in [-0.25, -0.2) is 0 Å². The lowest BCUT2D eigenvalue weighted by molar-refractivity contribution is -0.239. The van der Waals surface area contributed by atoms with Crippen LogP contribution in [-0.2, 0) is 9.47 Å². The molecule has 0 radical (unpaired) electrons. The van der Waals surface area contributed by atoms with Gasteiger partial charge in [0.15, 0.2) is 5.79 Å². The van der Waals surface area contributed by atoms with E-state index in [0.29, 0.717) is 13.0 Å². The predicted molar refractivity (Wildman–Crippen MR) is 32.0 cm³/mol. The molecule has 0 saturated carbocycles. The van der Waals surface area contributed by atoms with Crippen LogP contribution in [0.3, 0.4) is 0 Å². The highest BCUT2D eigenvalue weighted by Gasteiger charge is 2.28.